The second-order valence-electron chi connectivity index (χ2n) is 6.42. The fourth-order valence-electron chi connectivity index (χ4n) is 2.97. The molecule has 0 heterocycles. The third-order valence-corrected chi connectivity index (χ3v) is 5.05. The Labute approximate surface area is 183 Å². The van der Waals surface area contributed by atoms with Crippen molar-refractivity contribution in [2.45, 2.75) is 12.5 Å². The average Bonchev–Trinajstić information content (AvgIpc) is 2.77. The minimum Gasteiger partial charge on any atom is -0.503 e. The van der Waals surface area contributed by atoms with Crippen molar-refractivity contribution < 1.29 is 19.7 Å². The molecule has 7 heteroatoms. The van der Waals surface area contributed by atoms with Gasteiger partial charge in [0.1, 0.15) is 0 Å². The van der Waals surface area contributed by atoms with E-state index in [1.807, 2.05) is 19.1 Å². The molecule has 0 spiro atoms. The summed E-state index contributed by atoms with van der Waals surface area (Å²) < 4.78 is 5.82. The number of phenolic OH excluding ortho intramolecular Hbond substituents is 1. The number of nitrogens with zero attached hydrogens (tertiary/aromatic N) is 1. The molecule has 3 rings (SSSR count). The molecule has 0 saturated heterocycles. The predicted molar refractivity (Wildman–Crippen MR) is 119 cm³/mol. The maximum Gasteiger partial charge on any atom is 0.281 e. The van der Waals surface area contributed by atoms with Gasteiger partial charge in [0.15, 0.2) is 17.1 Å². The van der Waals surface area contributed by atoms with E-state index in [1.165, 1.54) is 6.21 Å². The van der Waals surface area contributed by atoms with E-state index in [4.69, 9.17) is 4.74 Å². The van der Waals surface area contributed by atoms with Crippen molar-refractivity contribution >= 4 is 28.1 Å². The molecule has 30 heavy (non-hydrogen) atoms. The van der Waals surface area contributed by atoms with Crippen LogP contribution in [0.4, 0.5) is 0 Å². The van der Waals surface area contributed by atoms with Crippen LogP contribution in [0.25, 0.3) is 0 Å². The number of hydrogen-bond acceptors (Lipinski definition) is 5. The summed E-state index contributed by atoms with van der Waals surface area (Å²) in [5.74, 6) is -0.413. The number of carbonyl (C=O) groups is 1. The number of rotatable bonds is 7. The number of nitrogens with one attached hydrogen (secondary N) is 1. The van der Waals surface area contributed by atoms with Gasteiger partial charge in [0, 0.05) is 0 Å². The molecule has 1 amide bonds. The first-order chi connectivity index (χ1) is 14.5. The van der Waals surface area contributed by atoms with Crippen molar-refractivity contribution in [1.29, 1.82) is 0 Å². The van der Waals surface area contributed by atoms with Crippen LogP contribution in [0.1, 0.15) is 23.6 Å². The van der Waals surface area contributed by atoms with E-state index in [1.54, 1.807) is 60.7 Å². The molecular weight excluding hydrogens is 448 g/mol. The molecule has 0 bridgehead atoms. The summed E-state index contributed by atoms with van der Waals surface area (Å²) in [4.78, 5) is 13.0. The Morgan fingerprint density at radius 1 is 1.10 bits per heavy atom. The van der Waals surface area contributed by atoms with Crippen molar-refractivity contribution in [2.24, 2.45) is 5.10 Å². The predicted octanol–water partition coefficient (Wildman–Crippen LogP) is 3.94. The zero-order chi connectivity index (χ0) is 21.6. The molecule has 0 aliphatic rings. The zero-order valence-corrected chi connectivity index (χ0v) is 17.8. The van der Waals surface area contributed by atoms with E-state index in [0.29, 0.717) is 33.5 Å². The summed E-state index contributed by atoms with van der Waals surface area (Å²) in [6.45, 7) is 2.20. The van der Waals surface area contributed by atoms with Crippen LogP contribution in [0.5, 0.6) is 11.5 Å². The number of aliphatic hydroxyl groups is 1. The van der Waals surface area contributed by atoms with Crippen LogP contribution in [0.3, 0.4) is 0 Å². The Morgan fingerprint density at radius 2 is 1.67 bits per heavy atom. The lowest BCUT2D eigenvalue weighted by Crippen LogP contribution is -2.43. The minimum absolute atomic E-state index is 0.0134. The number of ether oxygens (including phenoxy) is 1. The average molecular weight is 469 g/mol. The lowest BCUT2D eigenvalue weighted by atomic mass is 9.85. The summed E-state index contributed by atoms with van der Waals surface area (Å²) in [5.41, 5.74) is 1.95. The molecule has 0 saturated carbocycles. The van der Waals surface area contributed by atoms with Crippen molar-refractivity contribution in [3.05, 3.63) is 94.0 Å². The molecule has 0 aliphatic carbocycles. The Bertz CT molecular complexity index is 1000. The maximum absolute atomic E-state index is 13.0. The van der Waals surface area contributed by atoms with E-state index in [0.717, 1.165) is 0 Å². The number of hydrazone groups is 1. The van der Waals surface area contributed by atoms with Gasteiger partial charge in [-0.15, -0.1) is 0 Å². The van der Waals surface area contributed by atoms with Crippen molar-refractivity contribution in [3.63, 3.8) is 0 Å². The van der Waals surface area contributed by atoms with E-state index >= 15 is 0 Å². The lowest BCUT2D eigenvalue weighted by molar-refractivity contribution is -0.136. The summed E-state index contributed by atoms with van der Waals surface area (Å²) >= 11 is 3.26. The molecule has 0 fully saturated rings. The van der Waals surface area contributed by atoms with E-state index < -0.39 is 11.5 Å². The quantitative estimate of drug-likeness (QED) is 0.361. The second kappa shape index (κ2) is 9.56. The van der Waals surface area contributed by atoms with Crippen LogP contribution < -0.4 is 10.2 Å². The first-order valence-corrected chi connectivity index (χ1v) is 10.1. The smallest absolute Gasteiger partial charge is 0.281 e. The fourth-order valence-corrected chi connectivity index (χ4v) is 3.43. The summed E-state index contributed by atoms with van der Waals surface area (Å²) in [5, 5.41) is 25.4. The summed E-state index contributed by atoms with van der Waals surface area (Å²) in [6, 6.07) is 20.6. The van der Waals surface area contributed by atoms with E-state index in [2.05, 4.69) is 26.5 Å². The number of aromatic hydroxyl groups is 1. The highest BCUT2D eigenvalue weighted by Gasteiger charge is 2.39. The van der Waals surface area contributed by atoms with Gasteiger partial charge in [-0.1, -0.05) is 60.7 Å². The van der Waals surface area contributed by atoms with Gasteiger partial charge in [0.25, 0.3) is 5.91 Å². The van der Waals surface area contributed by atoms with Gasteiger partial charge < -0.3 is 14.9 Å². The molecule has 3 aromatic carbocycles. The van der Waals surface area contributed by atoms with Crippen LogP contribution in [0.15, 0.2) is 82.4 Å². The van der Waals surface area contributed by atoms with Crippen molar-refractivity contribution in [3.8, 4) is 11.5 Å². The fraction of sp³-hybridized carbons (Fsp3) is 0.130. The molecule has 3 aromatic rings. The highest BCUT2D eigenvalue weighted by atomic mass is 79.9. The van der Waals surface area contributed by atoms with Gasteiger partial charge in [-0.2, -0.15) is 5.10 Å². The Morgan fingerprint density at radius 3 is 2.20 bits per heavy atom. The van der Waals surface area contributed by atoms with Gasteiger partial charge in [-0.3, -0.25) is 4.79 Å². The third-order valence-electron chi connectivity index (χ3n) is 4.44. The van der Waals surface area contributed by atoms with Gasteiger partial charge in [0.2, 0.25) is 0 Å². The highest BCUT2D eigenvalue weighted by molar-refractivity contribution is 9.10. The van der Waals surface area contributed by atoms with E-state index in [9.17, 15) is 15.0 Å². The number of hydrogen-bond donors (Lipinski definition) is 3. The van der Waals surface area contributed by atoms with E-state index in [-0.39, 0.29) is 5.75 Å². The van der Waals surface area contributed by atoms with Crippen molar-refractivity contribution in [1.82, 2.24) is 5.43 Å². The zero-order valence-electron chi connectivity index (χ0n) is 16.2. The number of carbonyl (C=O) groups excluding carboxylic acids is 1. The SMILES string of the molecule is CCOc1cc(C=NNC(=O)C(O)(c2ccccc2)c2ccccc2)cc(Br)c1O. The second-order valence-corrected chi connectivity index (χ2v) is 7.28. The molecule has 0 aliphatic heterocycles. The number of phenols is 1. The number of benzene rings is 3. The normalized spacial score (nSPS) is 11.4. The molecule has 6 nitrogen and oxygen atoms in total. The van der Waals surface area contributed by atoms with Crippen LogP contribution >= 0.6 is 15.9 Å². The molecule has 0 unspecified atom stereocenters. The molecule has 0 atom stereocenters. The molecule has 0 aromatic heterocycles. The van der Waals surface area contributed by atoms with Gasteiger partial charge in [-0.25, -0.2) is 5.43 Å². The Balaban J connectivity index is 1.87. The van der Waals surface area contributed by atoms with Gasteiger partial charge in [-0.05, 0) is 51.7 Å². The third kappa shape index (κ3) is 4.53. The van der Waals surface area contributed by atoms with Crippen LogP contribution in [-0.2, 0) is 10.4 Å². The van der Waals surface area contributed by atoms with Gasteiger partial charge in [0.05, 0.1) is 17.3 Å². The number of halogens is 1. The first-order valence-electron chi connectivity index (χ1n) is 9.29. The standard InChI is InChI=1S/C23H21BrN2O4/c1-2-30-20-14-16(13-19(24)21(20)27)15-25-26-22(28)23(29,17-9-5-3-6-10-17)18-11-7-4-8-12-18/h3-15,27,29H,2H2,1H3,(H,26,28). The van der Waals surface area contributed by atoms with Crippen LogP contribution in [-0.4, -0.2) is 28.9 Å². The largest absolute Gasteiger partial charge is 0.503 e. The monoisotopic (exact) mass is 468 g/mol. The summed E-state index contributed by atoms with van der Waals surface area (Å²) in [7, 11) is 0. The Hall–Kier alpha value is -3.16. The molecule has 3 N–H and O–H groups in total. The van der Waals surface area contributed by atoms with Gasteiger partial charge >= 0.3 is 0 Å². The number of amides is 1. The maximum atomic E-state index is 13.0. The van der Waals surface area contributed by atoms with Crippen molar-refractivity contribution in [2.75, 3.05) is 6.61 Å². The minimum atomic E-state index is -1.91. The molecular formula is C23H21BrN2O4. The molecule has 154 valence electrons. The van der Waals surface area contributed by atoms with Crippen LogP contribution in [0.2, 0.25) is 0 Å². The lowest BCUT2D eigenvalue weighted by Gasteiger charge is -2.27. The van der Waals surface area contributed by atoms with Crippen LogP contribution in [0, 0.1) is 0 Å². The Kier molecular flexibility index (Phi) is 6.87. The molecule has 0 radical (unpaired) electrons. The summed E-state index contributed by atoms with van der Waals surface area (Å²) in [6.07, 6.45) is 1.40. The first kappa shape index (κ1) is 21.5. The highest BCUT2D eigenvalue weighted by Crippen LogP contribution is 2.35. The topological polar surface area (TPSA) is 91.2 Å².